The number of alkyl halides is 1. The summed E-state index contributed by atoms with van der Waals surface area (Å²) in [6.45, 7) is -1.20. The van der Waals surface area contributed by atoms with Gasteiger partial charge in [-0.25, -0.2) is 22.9 Å². The highest BCUT2D eigenvalue weighted by atomic mass is 31.3. The molecule has 0 amide bonds. The number of hydrogen-bond donors (Lipinski definition) is 6. The predicted molar refractivity (Wildman–Crippen MR) is 83.7 cm³/mol. The van der Waals surface area contributed by atoms with E-state index in [-0.39, 0.29) is 0 Å². The first kappa shape index (κ1) is 24.1. The van der Waals surface area contributed by atoms with Crippen LogP contribution in [0.25, 0.3) is 0 Å². The van der Waals surface area contributed by atoms with Gasteiger partial charge in [-0.2, -0.15) is 18.4 Å². The Kier molecular flexibility index (Phi) is 7.12. The summed E-state index contributed by atoms with van der Waals surface area (Å²) in [5.74, 6) is 0. The zero-order valence-corrected chi connectivity index (χ0v) is 16.3. The molecule has 166 valence electrons. The number of aromatic nitrogens is 3. The number of ether oxygens (including phenoxy) is 1. The molecule has 1 saturated heterocycles. The zero-order valence-electron chi connectivity index (χ0n) is 13.6. The second-order valence-corrected chi connectivity index (χ2v) is 9.69. The topological polar surface area (TPSA) is 257 Å². The summed E-state index contributed by atoms with van der Waals surface area (Å²) in [4.78, 5) is 59.5. The number of nitrogens with one attached hydrogen (secondary N) is 1. The van der Waals surface area contributed by atoms with Gasteiger partial charge in [0, 0.05) is 0 Å². The summed E-state index contributed by atoms with van der Waals surface area (Å²) < 4.78 is 63.9. The van der Waals surface area contributed by atoms with Gasteiger partial charge in [0.05, 0.1) is 6.61 Å². The van der Waals surface area contributed by atoms with E-state index in [1.807, 2.05) is 0 Å². The molecule has 0 radical (unpaired) electrons. The number of hydrogen-bond acceptors (Lipinski definition) is 11. The highest BCUT2D eigenvalue weighted by molar-refractivity contribution is 7.66. The molecular formula is C8H13FN3O14P3. The summed E-state index contributed by atoms with van der Waals surface area (Å²) in [5, 5.41) is 13.2. The van der Waals surface area contributed by atoms with Crippen LogP contribution in [0.3, 0.4) is 0 Å². The van der Waals surface area contributed by atoms with Gasteiger partial charge in [0.15, 0.2) is 12.4 Å². The molecule has 1 fully saturated rings. The van der Waals surface area contributed by atoms with Gasteiger partial charge < -0.3 is 29.4 Å². The van der Waals surface area contributed by atoms with E-state index in [9.17, 15) is 37.7 Å². The lowest BCUT2D eigenvalue weighted by atomic mass is 10.1. The number of phosphoric ester groups is 1. The standard InChI is InChI=1S/C8H13FN3O14P3/c9-5-3(2-23-28(19,20)26-29(21,22)25-27(16,17)18)24-7(6(5)14)12-8(15)11-4(13)1-10-12/h1,3,5-7,14H,2H2,(H,19,20)(H,21,22)(H,11,13,15)(H2,16,17,18)/t3-,5-,6-,7-/m1/s1. The number of aromatic amines is 1. The van der Waals surface area contributed by atoms with Crippen LogP contribution in [-0.2, 0) is 31.6 Å². The quantitative estimate of drug-likeness (QED) is 0.214. The molecule has 1 aliphatic heterocycles. The minimum atomic E-state index is -5.77. The normalized spacial score (nSPS) is 29.3. The Balaban J connectivity index is 2.06. The van der Waals surface area contributed by atoms with Crippen LogP contribution in [0.2, 0.25) is 0 Å². The van der Waals surface area contributed by atoms with Crippen LogP contribution in [0.1, 0.15) is 6.23 Å². The highest BCUT2D eigenvalue weighted by Crippen LogP contribution is 2.66. The van der Waals surface area contributed by atoms with Gasteiger partial charge in [0.25, 0.3) is 5.56 Å². The number of phosphoric acid groups is 3. The van der Waals surface area contributed by atoms with Crippen molar-refractivity contribution in [3.05, 3.63) is 27.0 Å². The van der Waals surface area contributed by atoms with E-state index in [4.69, 9.17) is 19.4 Å². The van der Waals surface area contributed by atoms with Crippen molar-refractivity contribution in [2.45, 2.75) is 24.6 Å². The maximum Gasteiger partial charge on any atom is 0.490 e. The molecule has 0 aromatic carbocycles. The molecule has 1 aliphatic rings. The van der Waals surface area contributed by atoms with Gasteiger partial charge in [0.1, 0.15) is 18.4 Å². The average molecular weight is 487 g/mol. The molecule has 0 aliphatic carbocycles. The second kappa shape index (κ2) is 8.55. The summed E-state index contributed by atoms with van der Waals surface area (Å²) in [6, 6.07) is 0. The van der Waals surface area contributed by atoms with Crippen molar-refractivity contribution in [3.63, 3.8) is 0 Å². The molecule has 17 nitrogen and oxygen atoms in total. The van der Waals surface area contributed by atoms with Crippen LogP contribution in [-0.4, -0.2) is 64.4 Å². The lowest BCUT2D eigenvalue weighted by Crippen LogP contribution is -2.38. The predicted octanol–water partition coefficient (Wildman–Crippen LogP) is -2.13. The van der Waals surface area contributed by atoms with E-state index in [0.717, 1.165) is 0 Å². The van der Waals surface area contributed by atoms with Crippen LogP contribution in [0.15, 0.2) is 15.8 Å². The fourth-order valence-electron chi connectivity index (χ4n) is 2.06. The van der Waals surface area contributed by atoms with Crippen LogP contribution < -0.4 is 11.2 Å². The minimum absolute atomic E-state index is 0.378. The Hall–Kier alpha value is -1.13. The minimum Gasteiger partial charge on any atom is -0.385 e. The summed E-state index contributed by atoms with van der Waals surface area (Å²) in [7, 11) is -16.9. The molecule has 0 bridgehead atoms. The van der Waals surface area contributed by atoms with Crippen molar-refractivity contribution in [1.29, 1.82) is 0 Å². The number of H-pyrrole nitrogens is 1. The fourth-order valence-corrected chi connectivity index (χ4v) is 5.09. The Morgan fingerprint density at radius 1 is 1.17 bits per heavy atom. The smallest absolute Gasteiger partial charge is 0.385 e. The van der Waals surface area contributed by atoms with Gasteiger partial charge in [-0.05, 0) is 0 Å². The lowest BCUT2D eigenvalue weighted by molar-refractivity contribution is -0.0602. The van der Waals surface area contributed by atoms with E-state index in [1.54, 1.807) is 4.98 Å². The van der Waals surface area contributed by atoms with Gasteiger partial charge in [-0.1, -0.05) is 0 Å². The molecular weight excluding hydrogens is 474 g/mol. The molecule has 21 heteroatoms. The van der Waals surface area contributed by atoms with E-state index in [1.165, 1.54) is 0 Å². The molecule has 0 spiro atoms. The van der Waals surface area contributed by atoms with Crippen molar-refractivity contribution in [3.8, 4) is 0 Å². The Labute approximate surface area is 158 Å². The maximum atomic E-state index is 14.1. The monoisotopic (exact) mass is 487 g/mol. The number of aliphatic hydroxyl groups is 1. The van der Waals surface area contributed by atoms with Gasteiger partial charge in [-0.15, -0.1) is 0 Å². The van der Waals surface area contributed by atoms with Crippen LogP contribution in [0.4, 0.5) is 4.39 Å². The van der Waals surface area contributed by atoms with Crippen molar-refractivity contribution in [1.82, 2.24) is 14.8 Å². The zero-order chi connectivity index (χ0) is 22.2. The van der Waals surface area contributed by atoms with Gasteiger partial charge in [0.2, 0.25) is 0 Å². The Bertz CT molecular complexity index is 1000. The molecule has 6 atom stereocenters. The summed E-state index contributed by atoms with van der Waals surface area (Å²) >= 11 is 0. The van der Waals surface area contributed by atoms with E-state index >= 15 is 0 Å². The number of halogens is 1. The van der Waals surface area contributed by atoms with Crippen molar-refractivity contribution in [2.75, 3.05) is 6.61 Å². The molecule has 2 heterocycles. The summed E-state index contributed by atoms with van der Waals surface area (Å²) in [5.41, 5.74) is -2.05. The fraction of sp³-hybridized carbons (Fsp3) is 0.625. The molecule has 29 heavy (non-hydrogen) atoms. The molecule has 6 N–H and O–H groups in total. The number of rotatable bonds is 8. The number of aliphatic hydroxyl groups excluding tert-OH is 1. The van der Waals surface area contributed by atoms with E-state index in [2.05, 4.69) is 18.2 Å². The SMILES string of the molecule is O=c1cnn([C@@H]2O[C@H](COP(=O)(O)OP(=O)(O)OP(=O)(O)O)[C@@H](F)[C@H]2O)c(=O)[nH]1. The summed E-state index contributed by atoms with van der Waals surface area (Å²) in [6.07, 6.45) is -7.35. The molecule has 1 aromatic rings. The number of nitrogens with zero attached hydrogens (tertiary/aromatic N) is 2. The van der Waals surface area contributed by atoms with Crippen molar-refractivity contribution >= 4 is 23.5 Å². The third-order valence-electron chi connectivity index (χ3n) is 3.08. The highest BCUT2D eigenvalue weighted by Gasteiger charge is 2.48. The lowest BCUT2D eigenvalue weighted by Gasteiger charge is -2.18. The molecule has 1 aromatic heterocycles. The van der Waals surface area contributed by atoms with Crippen LogP contribution in [0, 0.1) is 0 Å². The molecule has 2 unspecified atom stereocenters. The van der Waals surface area contributed by atoms with Gasteiger partial charge in [-0.3, -0.25) is 14.3 Å². The van der Waals surface area contributed by atoms with Crippen LogP contribution in [0.5, 0.6) is 0 Å². The molecule has 2 rings (SSSR count). The maximum absolute atomic E-state index is 14.1. The van der Waals surface area contributed by atoms with E-state index < -0.39 is 65.9 Å². The third kappa shape index (κ3) is 6.68. The molecule has 0 saturated carbocycles. The first-order valence-electron chi connectivity index (χ1n) is 7.04. The third-order valence-corrected chi connectivity index (χ3v) is 6.89. The van der Waals surface area contributed by atoms with Crippen molar-refractivity contribution in [2.24, 2.45) is 0 Å². The largest absolute Gasteiger partial charge is 0.490 e. The van der Waals surface area contributed by atoms with Gasteiger partial charge >= 0.3 is 29.2 Å². The second-order valence-electron chi connectivity index (χ2n) is 5.27. The first-order valence-corrected chi connectivity index (χ1v) is 11.6. The van der Waals surface area contributed by atoms with Crippen molar-refractivity contribution < 1.29 is 60.6 Å². The van der Waals surface area contributed by atoms with E-state index in [0.29, 0.717) is 10.9 Å². The average Bonchev–Trinajstić information content (AvgIpc) is 2.78. The first-order chi connectivity index (χ1) is 13.1. The van der Waals surface area contributed by atoms with Crippen LogP contribution >= 0.6 is 23.5 Å². The Morgan fingerprint density at radius 3 is 2.34 bits per heavy atom. The Morgan fingerprint density at radius 2 is 1.79 bits per heavy atom.